The number of carbonyl (C=O) groups excluding carboxylic acids is 1. The third kappa shape index (κ3) is 4.33. The highest BCUT2D eigenvalue weighted by Gasteiger charge is 1.98. The van der Waals surface area contributed by atoms with Crippen LogP contribution >= 0.6 is 0 Å². The summed E-state index contributed by atoms with van der Waals surface area (Å²) in [7, 11) is 0. The van der Waals surface area contributed by atoms with Crippen molar-refractivity contribution in [1.82, 2.24) is 0 Å². The van der Waals surface area contributed by atoms with Gasteiger partial charge in [-0.2, -0.15) is 0 Å². The van der Waals surface area contributed by atoms with Gasteiger partial charge in [0, 0.05) is 0 Å². The van der Waals surface area contributed by atoms with Crippen LogP contribution in [0.1, 0.15) is 0 Å². The van der Waals surface area contributed by atoms with Crippen molar-refractivity contribution in [3.8, 4) is 11.5 Å². The highest BCUT2D eigenvalue weighted by atomic mass is 16.5. The molecule has 5 heteroatoms. The molecule has 0 fully saturated rings. The maximum atomic E-state index is 10.4. The summed E-state index contributed by atoms with van der Waals surface area (Å²) in [6, 6.07) is 6.70. The van der Waals surface area contributed by atoms with E-state index in [0.717, 1.165) is 0 Å². The van der Waals surface area contributed by atoms with Crippen LogP contribution in [-0.4, -0.2) is 30.8 Å². The van der Waals surface area contributed by atoms with Crippen molar-refractivity contribution in [2.24, 2.45) is 5.73 Å². The molecule has 0 saturated heterocycles. The van der Waals surface area contributed by atoms with E-state index >= 15 is 0 Å². The monoisotopic (exact) mass is 211 g/mol. The molecule has 1 aromatic rings. The standard InChI is InChI=1S/C10H13NO4/c11-10(13)7-15-9-3-1-8(2-4-9)14-6-5-12/h1-4,12H,5-7H2,(H2,11,13). The molecule has 0 aliphatic heterocycles. The van der Waals surface area contributed by atoms with Crippen LogP contribution in [0, 0.1) is 0 Å². The van der Waals surface area contributed by atoms with E-state index in [0.29, 0.717) is 11.5 Å². The molecule has 0 aliphatic carbocycles. The summed E-state index contributed by atoms with van der Waals surface area (Å²) in [5.74, 6) is 0.663. The number of primary amides is 1. The molecule has 5 nitrogen and oxygen atoms in total. The highest BCUT2D eigenvalue weighted by Crippen LogP contribution is 2.17. The number of benzene rings is 1. The summed E-state index contributed by atoms with van der Waals surface area (Å²) in [6.07, 6.45) is 0. The Morgan fingerprint density at radius 1 is 1.20 bits per heavy atom. The number of amides is 1. The van der Waals surface area contributed by atoms with Crippen molar-refractivity contribution >= 4 is 5.91 Å². The van der Waals surface area contributed by atoms with Crippen LogP contribution < -0.4 is 15.2 Å². The van der Waals surface area contributed by atoms with Gasteiger partial charge in [0.05, 0.1) is 6.61 Å². The molecule has 1 amide bonds. The van der Waals surface area contributed by atoms with Crippen molar-refractivity contribution in [1.29, 1.82) is 0 Å². The molecular formula is C10H13NO4. The van der Waals surface area contributed by atoms with Crippen molar-refractivity contribution < 1.29 is 19.4 Å². The van der Waals surface area contributed by atoms with E-state index in [9.17, 15) is 4.79 Å². The number of hydrogen-bond acceptors (Lipinski definition) is 4. The second-order valence-corrected chi connectivity index (χ2v) is 2.80. The van der Waals surface area contributed by atoms with Gasteiger partial charge in [-0.15, -0.1) is 0 Å². The summed E-state index contributed by atoms with van der Waals surface area (Å²) in [5.41, 5.74) is 4.92. The summed E-state index contributed by atoms with van der Waals surface area (Å²) < 4.78 is 10.2. The van der Waals surface area contributed by atoms with Crippen LogP contribution in [0.3, 0.4) is 0 Å². The first-order chi connectivity index (χ1) is 7.22. The summed E-state index contributed by atoms with van der Waals surface area (Å²) in [6.45, 7) is 0.0816. The lowest BCUT2D eigenvalue weighted by atomic mass is 10.3. The second kappa shape index (κ2) is 5.87. The molecule has 0 saturated carbocycles. The number of hydrogen-bond donors (Lipinski definition) is 2. The number of carbonyl (C=O) groups is 1. The van der Waals surface area contributed by atoms with Gasteiger partial charge in [-0.05, 0) is 24.3 Å². The van der Waals surface area contributed by atoms with Gasteiger partial charge in [0.15, 0.2) is 6.61 Å². The van der Waals surface area contributed by atoms with Crippen molar-refractivity contribution in [3.63, 3.8) is 0 Å². The zero-order chi connectivity index (χ0) is 11.1. The lowest BCUT2D eigenvalue weighted by molar-refractivity contribution is -0.119. The normalized spacial score (nSPS) is 9.67. The lowest BCUT2D eigenvalue weighted by Crippen LogP contribution is -2.19. The zero-order valence-corrected chi connectivity index (χ0v) is 8.18. The molecule has 0 heterocycles. The molecule has 0 unspecified atom stereocenters. The van der Waals surface area contributed by atoms with Gasteiger partial charge in [0.1, 0.15) is 18.1 Å². The zero-order valence-electron chi connectivity index (χ0n) is 8.18. The molecule has 0 aromatic heterocycles. The van der Waals surface area contributed by atoms with E-state index in [-0.39, 0.29) is 19.8 Å². The number of ether oxygens (including phenoxy) is 2. The first-order valence-corrected chi connectivity index (χ1v) is 4.47. The largest absolute Gasteiger partial charge is 0.491 e. The van der Waals surface area contributed by atoms with Crippen LogP contribution in [0.4, 0.5) is 0 Å². The summed E-state index contributed by atoms with van der Waals surface area (Å²) in [5, 5.41) is 8.53. The van der Waals surface area contributed by atoms with Crippen LogP contribution in [0.5, 0.6) is 11.5 Å². The van der Waals surface area contributed by atoms with Gasteiger partial charge in [0.25, 0.3) is 5.91 Å². The Morgan fingerprint density at radius 3 is 2.20 bits per heavy atom. The van der Waals surface area contributed by atoms with Gasteiger partial charge in [-0.1, -0.05) is 0 Å². The first kappa shape index (κ1) is 11.3. The van der Waals surface area contributed by atoms with Crippen LogP contribution in [0.15, 0.2) is 24.3 Å². The summed E-state index contributed by atoms with van der Waals surface area (Å²) >= 11 is 0. The Morgan fingerprint density at radius 2 is 1.73 bits per heavy atom. The number of rotatable bonds is 6. The third-order valence-corrected chi connectivity index (χ3v) is 1.56. The maximum absolute atomic E-state index is 10.4. The molecule has 0 aliphatic rings. The predicted octanol–water partition coefficient (Wildman–Crippen LogP) is -0.0782. The molecule has 1 rings (SSSR count). The Kier molecular flexibility index (Phi) is 4.43. The quantitative estimate of drug-likeness (QED) is 0.689. The van der Waals surface area contributed by atoms with E-state index in [1.807, 2.05) is 0 Å². The SMILES string of the molecule is NC(=O)COc1ccc(OCCO)cc1. The van der Waals surface area contributed by atoms with Crippen molar-refractivity contribution in [2.75, 3.05) is 19.8 Å². The van der Waals surface area contributed by atoms with Crippen LogP contribution in [0.25, 0.3) is 0 Å². The molecule has 0 radical (unpaired) electrons. The average Bonchev–Trinajstić information content (AvgIpc) is 2.25. The fraction of sp³-hybridized carbons (Fsp3) is 0.300. The van der Waals surface area contributed by atoms with Gasteiger partial charge in [0.2, 0.25) is 0 Å². The fourth-order valence-electron chi connectivity index (χ4n) is 0.950. The first-order valence-electron chi connectivity index (χ1n) is 4.47. The maximum Gasteiger partial charge on any atom is 0.255 e. The van der Waals surface area contributed by atoms with Crippen LogP contribution in [0.2, 0.25) is 0 Å². The molecule has 1 aromatic carbocycles. The highest BCUT2D eigenvalue weighted by molar-refractivity contribution is 5.75. The minimum atomic E-state index is -0.518. The molecule has 82 valence electrons. The van der Waals surface area contributed by atoms with Gasteiger partial charge in [-0.25, -0.2) is 0 Å². The van der Waals surface area contributed by atoms with Gasteiger partial charge >= 0.3 is 0 Å². The molecule has 15 heavy (non-hydrogen) atoms. The number of aliphatic hydroxyl groups is 1. The molecule has 0 spiro atoms. The van der Waals surface area contributed by atoms with Crippen LogP contribution in [-0.2, 0) is 4.79 Å². The van der Waals surface area contributed by atoms with Crippen molar-refractivity contribution in [2.45, 2.75) is 0 Å². The van der Waals surface area contributed by atoms with E-state index in [1.54, 1.807) is 24.3 Å². The predicted molar refractivity (Wildman–Crippen MR) is 53.7 cm³/mol. The molecular weight excluding hydrogens is 198 g/mol. The van der Waals surface area contributed by atoms with Gasteiger partial charge < -0.3 is 20.3 Å². The fourth-order valence-corrected chi connectivity index (χ4v) is 0.950. The minimum Gasteiger partial charge on any atom is -0.491 e. The average molecular weight is 211 g/mol. The summed E-state index contributed by atoms with van der Waals surface area (Å²) in [4.78, 5) is 10.4. The Hall–Kier alpha value is -1.75. The number of nitrogens with two attached hydrogens (primary N) is 1. The molecule has 0 atom stereocenters. The lowest BCUT2D eigenvalue weighted by Gasteiger charge is -2.06. The topological polar surface area (TPSA) is 81.8 Å². The smallest absolute Gasteiger partial charge is 0.255 e. The Bertz CT molecular complexity index is 310. The molecule has 0 bridgehead atoms. The van der Waals surface area contributed by atoms with Crippen molar-refractivity contribution in [3.05, 3.63) is 24.3 Å². The molecule has 3 N–H and O–H groups in total. The van der Waals surface area contributed by atoms with E-state index in [1.165, 1.54) is 0 Å². The Balaban J connectivity index is 2.45. The number of aliphatic hydroxyl groups excluding tert-OH is 1. The van der Waals surface area contributed by atoms with Gasteiger partial charge in [-0.3, -0.25) is 4.79 Å². The Labute approximate surface area is 87.4 Å². The van der Waals surface area contributed by atoms with E-state index in [4.69, 9.17) is 20.3 Å². The third-order valence-electron chi connectivity index (χ3n) is 1.56. The second-order valence-electron chi connectivity index (χ2n) is 2.80. The van der Waals surface area contributed by atoms with E-state index in [2.05, 4.69) is 0 Å². The van der Waals surface area contributed by atoms with E-state index < -0.39 is 5.91 Å². The minimum absolute atomic E-state index is 0.0279.